The van der Waals surface area contributed by atoms with Gasteiger partial charge >= 0.3 is 6.18 Å². The third kappa shape index (κ3) is 3.60. The molecule has 26 heavy (non-hydrogen) atoms. The SMILES string of the molecule is CS(=O)(=O)c1ccc(C(=O)N2CCCc3cc(C(F)(F)F)ccc32)cc1. The van der Waals surface area contributed by atoms with E-state index in [-0.39, 0.29) is 16.4 Å². The molecule has 3 rings (SSSR count). The second kappa shape index (κ2) is 6.42. The summed E-state index contributed by atoms with van der Waals surface area (Å²) in [5.41, 5.74) is 0.488. The lowest BCUT2D eigenvalue weighted by atomic mass is 9.98. The molecule has 0 radical (unpaired) electrons. The molecule has 1 heterocycles. The third-order valence-corrected chi connectivity index (χ3v) is 5.43. The average Bonchev–Trinajstić information content (AvgIpc) is 2.58. The van der Waals surface area contributed by atoms with Gasteiger partial charge in [-0.25, -0.2) is 8.42 Å². The Labute approximate surface area is 149 Å². The van der Waals surface area contributed by atoms with Crippen LogP contribution in [0.1, 0.15) is 27.9 Å². The lowest BCUT2D eigenvalue weighted by molar-refractivity contribution is -0.137. The molecule has 0 bridgehead atoms. The minimum atomic E-state index is -4.43. The molecule has 0 aromatic heterocycles. The highest BCUT2D eigenvalue weighted by molar-refractivity contribution is 7.90. The molecule has 0 fully saturated rings. The van der Waals surface area contributed by atoms with E-state index in [1.54, 1.807) is 0 Å². The summed E-state index contributed by atoms with van der Waals surface area (Å²) in [6.07, 6.45) is -2.33. The number of anilines is 1. The molecule has 138 valence electrons. The first-order chi connectivity index (χ1) is 12.1. The maximum absolute atomic E-state index is 12.9. The number of amides is 1. The second-order valence-corrected chi connectivity index (χ2v) is 8.21. The first-order valence-electron chi connectivity index (χ1n) is 7.89. The van der Waals surface area contributed by atoms with Gasteiger partial charge in [0.15, 0.2) is 9.84 Å². The number of rotatable bonds is 2. The van der Waals surface area contributed by atoms with Gasteiger partial charge in [-0.15, -0.1) is 0 Å². The summed E-state index contributed by atoms with van der Waals surface area (Å²) in [7, 11) is -3.37. The summed E-state index contributed by atoms with van der Waals surface area (Å²) in [4.78, 5) is 14.3. The fraction of sp³-hybridized carbons (Fsp3) is 0.278. The van der Waals surface area contributed by atoms with Crippen LogP contribution in [0, 0.1) is 0 Å². The number of hydrogen-bond acceptors (Lipinski definition) is 3. The van der Waals surface area contributed by atoms with Crippen molar-refractivity contribution in [2.24, 2.45) is 0 Å². The minimum Gasteiger partial charge on any atom is -0.308 e. The van der Waals surface area contributed by atoms with Crippen molar-refractivity contribution in [2.45, 2.75) is 23.9 Å². The molecule has 1 aliphatic rings. The standard InChI is InChI=1S/C18H16F3NO3S/c1-26(24,25)15-7-4-12(5-8-15)17(23)22-10-2-3-13-11-14(18(19,20)21)6-9-16(13)22/h4-9,11H,2-3,10H2,1H3. The van der Waals surface area contributed by atoms with Crippen molar-refractivity contribution in [3.8, 4) is 0 Å². The van der Waals surface area contributed by atoms with Crippen LogP contribution < -0.4 is 4.90 Å². The molecular weight excluding hydrogens is 367 g/mol. The molecular formula is C18H16F3NO3S. The van der Waals surface area contributed by atoms with Gasteiger partial charge in [0.05, 0.1) is 10.5 Å². The van der Waals surface area contributed by atoms with E-state index in [0.29, 0.717) is 30.6 Å². The summed E-state index contributed by atoms with van der Waals surface area (Å²) >= 11 is 0. The number of carbonyl (C=O) groups is 1. The Morgan fingerprint density at radius 1 is 1.08 bits per heavy atom. The third-order valence-electron chi connectivity index (χ3n) is 4.30. The number of carbonyl (C=O) groups excluding carboxylic acids is 1. The van der Waals surface area contributed by atoms with Gasteiger partial charge in [0.1, 0.15) is 0 Å². The topological polar surface area (TPSA) is 54.5 Å². The summed E-state index contributed by atoms with van der Waals surface area (Å²) in [6, 6.07) is 8.90. The van der Waals surface area contributed by atoms with E-state index in [4.69, 9.17) is 0 Å². The number of fused-ring (bicyclic) bond motifs is 1. The Hall–Kier alpha value is -2.35. The first kappa shape index (κ1) is 18.4. The molecule has 0 spiro atoms. The van der Waals surface area contributed by atoms with Crippen LogP contribution in [0.15, 0.2) is 47.4 Å². The van der Waals surface area contributed by atoms with Crippen molar-refractivity contribution in [2.75, 3.05) is 17.7 Å². The van der Waals surface area contributed by atoms with Crippen LogP contribution in [0.2, 0.25) is 0 Å². The highest BCUT2D eigenvalue weighted by Crippen LogP contribution is 2.35. The summed E-state index contributed by atoms with van der Waals surface area (Å²) in [5.74, 6) is -0.370. The van der Waals surface area contributed by atoms with Gasteiger partial charge in [0, 0.05) is 24.1 Å². The molecule has 0 saturated carbocycles. The lowest BCUT2D eigenvalue weighted by Gasteiger charge is -2.30. The van der Waals surface area contributed by atoms with E-state index in [0.717, 1.165) is 18.4 Å². The van der Waals surface area contributed by atoms with Crippen LogP contribution in [-0.4, -0.2) is 27.1 Å². The normalized spacial score (nSPS) is 14.8. The average molecular weight is 383 g/mol. The minimum absolute atomic E-state index is 0.0999. The van der Waals surface area contributed by atoms with Crippen molar-refractivity contribution in [1.29, 1.82) is 0 Å². The van der Waals surface area contributed by atoms with E-state index >= 15 is 0 Å². The Kier molecular flexibility index (Phi) is 4.56. The predicted octanol–water partition coefficient (Wildman–Crippen LogP) is 3.70. The van der Waals surface area contributed by atoms with Crippen molar-refractivity contribution in [3.63, 3.8) is 0 Å². The molecule has 4 nitrogen and oxygen atoms in total. The zero-order valence-corrected chi connectivity index (χ0v) is 14.7. The van der Waals surface area contributed by atoms with Crippen molar-refractivity contribution >= 4 is 21.4 Å². The zero-order valence-electron chi connectivity index (χ0n) is 13.9. The van der Waals surface area contributed by atoms with Crippen LogP contribution in [-0.2, 0) is 22.4 Å². The van der Waals surface area contributed by atoms with Gasteiger partial charge < -0.3 is 4.90 Å². The number of nitrogens with zero attached hydrogens (tertiary/aromatic N) is 1. The molecule has 1 amide bonds. The fourth-order valence-electron chi connectivity index (χ4n) is 2.98. The predicted molar refractivity (Wildman–Crippen MR) is 91.0 cm³/mol. The molecule has 1 aliphatic heterocycles. The van der Waals surface area contributed by atoms with Crippen molar-refractivity contribution in [3.05, 3.63) is 59.2 Å². The van der Waals surface area contributed by atoms with Crippen LogP contribution in [0.5, 0.6) is 0 Å². The fourth-order valence-corrected chi connectivity index (χ4v) is 3.62. The summed E-state index contributed by atoms with van der Waals surface area (Å²) in [6.45, 7) is 0.394. The second-order valence-electron chi connectivity index (χ2n) is 6.20. The molecule has 0 saturated heterocycles. The quantitative estimate of drug-likeness (QED) is 0.795. The van der Waals surface area contributed by atoms with E-state index in [1.807, 2.05) is 0 Å². The maximum Gasteiger partial charge on any atom is 0.416 e. The molecule has 8 heteroatoms. The maximum atomic E-state index is 12.9. The van der Waals surface area contributed by atoms with Crippen molar-refractivity contribution in [1.82, 2.24) is 0 Å². The first-order valence-corrected chi connectivity index (χ1v) is 9.78. The molecule has 0 atom stereocenters. The number of aryl methyl sites for hydroxylation is 1. The van der Waals surface area contributed by atoms with Gasteiger partial charge in [0.25, 0.3) is 5.91 Å². The van der Waals surface area contributed by atoms with Gasteiger partial charge in [-0.05, 0) is 60.9 Å². The monoisotopic (exact) mass is 383 g/mol. The Morgan fingerprint density at radius 2 is 1.73 bits per heavy atom. The van der Waals surface area contributed by atoms with Crippen LogP contribution in [0.25, 0.3) is 0 Å². The van der Waals surface area contributed by atoms with Crippen LogP contribution >= 0.6 is 0 Å². The Balaban J connectivity index is 1.93. The van der Waals surface area contributed by atoms with Crippen LogP contribution in [0.4, 0.5) is 18.9 Å². The lowest BCUT2D eigenvalue weighted by Crippen LogP contribution is -2.35. The summed E-state index contributed by atoms with van der Waals surface area (Å²) in [5, 5.41) is 0. The van der Waals surface area contributed by atoms with Gasteiger partial charge in [0.2, 0.25) is 0 Å². The number of benzene rings is 2. The van der Waals surface area contributed by atoms with Crippen LogP contribution in [0.3, 0.4) is 0 Å². The van der Waals surface area contributed by atoms with Gasteiger partial charge in [-0.1, -0.05) is 0 Å². The Bertz CT molecular complexity index is 951. The molecule has 0 aliphatic carbocycles. The molecule has 0 N–H and O–H groups in total. The van der Waals surface area contributed by atoms with Crippen molar-refractivity contribution < 1.29 is 26.4 Å². The van der Waals surface area contributed by atoms with E-state index in [2.05, 4.69) is 0 Å². The van der Waals surface area contributed by atoms with Gasteiger partial charge in [-0.2, -0.15) is 13.2 Å². The van der Waals surface area contributed by atoms with E-state index < -0.39 is 21.6 Å². The Morgan fingerprint density at radius 3 is 2.31 bits per heavy atom. The molecule has 0 unspecified atom stereocenters. The zero-order chi connectivity index (χ0) is 19.1. The number of alkyl halides is 3. The smallest absolute Gasteiger partial charge is 0.308 e. The van der Waals surface area contributed by atoms with E-state index in [9.17, 15) is 26.4 Å². The highest BCUT2D eigenvalue weighted by atomic mass is 32.2. The number of sulfone groups is 1. The van der Waals surface area contributed by atoms with E-state index in [1.165, 1.54) is 35.2 Å². The molecule has 2 aromatic rings. The highest BCUT2D eigenvalue weighted by Gasteiger charge is 2.32. The van der Waals surface area contributed by atoms with Gasteiger partial charge in [-0.3, -0.25) is 4.79 Å². The molecule has 2 aromatic carbocycles. The number of halogens is 3. The number of hydrogen-bond donors (Lipinski definition) is 0. The largest absolute Gasteiger partial charge is 0.416 e. The summed E-state index contributed by atoms with van der Waals surface area (Å²) < 4.78 is 61.7.